The topological polar surface area (TPSA) is 83.1 Å². The highest BCUT2D eigenvalue weighted by atomic mass is 32.1. The quantitative estimate of drug-likeness (QED) is 0.576. The van der Waals surface area contributed by atoms with Crippen LogP contribution in [0.5, 0.6) is 0 Å². The molecule has 0 spiro atoms. The molecule has 0 radical (unpaired) electrons. The fourth-order valence-electron chi connectivity index (χ4n) is 2.57. The van der Waals surface area contributed by atoms with Crippen molar-refractivity contribution in [2.24, 2.45) is 0 Å². The van der Waals surface area contributed by atoms with Gasteiger partial charge >= 0.3 is 6.03 Å². The number of nitrogens with one attached hydrogen (secondary N) is 3. The van der Waals surface area contributed by atoms with Gasteiger partial charge in [-0.2, -0.15) is 0 Å². The van der Waals surface area contributed by atoms with Crippen molar-refractivity contribution in [2.75, 3.05) is 16.0 Å². The molecule has 3 aromatic rings. The number of anilines is 3. The van der Waals surface area contributed by atoms with E-state index in [4.69, 9.17) is 0 Å². The third-order valence-corrected chi connectivity index (χ3v) is 4.90. The van der Waals surface area contributed by atoms with Gasteiger partial charge < -0.3 is 10.6 Å². The molecule has 0 aliphatic heterocycles. The lowest BCUT2D eigenvalue weighted by Crippen LogP contribution is -2.19. The van der Waals surface area contributed by atoms with Crippen molar-refractivity contribution >= 4 is 39.8 Å². The number of hydrogen-bond acceptors (Lipinski definition) is 4. The molecule has 0 fully saturated rings. The van der Waals surface area contributed by atoms with Crippen LogP contribution in [0, 0.1) is 20.8 Å². The zero-order valence-electron chi connectivity index (χ0n) is 16.0. The SMILES string of the molecule is Cc1ccc(NC(=O)Nc2nc(CC(=O)Nc3cc(C)ccc3C)cs2)cc1. The van der Waals surface area contributed by atoms with Gasteiger partial charge in [-0.05, 0) is 50.1 Å². The fourth-order valence-corrected chi connectivity index (χ4v) is 3.28. The molecule has 0 saturated carbocycles. The number of aryl methyl sites for hydroxylation is 3. The highest BCUT2D eigenvalue weighted by Crippen LogP contribution is 2.19. The van der Waals surface area contributed by atoms with Crippen LogP contribution in [0.1, 0.15) is 22.4 Å². The maximum atomic E-state index is 12.3. The second-order valence-electron chi connectivity index (χ2n) is 6.63. The molecule has 0 saturated heterocycles. The van der Waals surface area contributed by atoms with Gasteiger partial charge in [-0.1, -0.05) is 29.8 Å². The number of urea groups is 1. The van der Waals surface area contributed by atoms with Crippen LogP contribution in [0.15, 0.2) is 47.8 Å². The summed E-state index contributed by atoms with van der Waals surface area (Å²) in [5.41, 5.74) is 5.32. The van der Waals surface area contributed by atoms with Crippen LogP contribution in [0.4, 0.5) is 21.3 Å². The lowest BCUT2D eigenvalue weighted by Gasteiger charge is -2.08. The Morgan fingerprint density at radius 1 is 0.929 bits per heavy atom. The number of thiazole rings is 1. The average Bonchev–Trinajstić information content (AvgIpc) is 3.06. The molecular formula is C21H22N4O2S. The molecule has 7 heteroatoms. The Bertz CT molecular complexity index is 996. The van der Waals surface area contributed by atoms with Crippen LogP contribution < -0.4 is 16.0 Å². The Morgan fingerprint density at radius 3 is 2.39 bits per heavy atom. The van der Waals surface area contributed by atoms with Crippen molar-refractivity contribution in [1.29, 1.82) is 0 Å². The molecule has 144 valence electrons. The summed E-state index contributed by atoms with van der Waals surface area (Å²) in [6.45, 7) is 5.92. The fraction of sp³-hybridized carbons (Fsp3) is 0.190. The molecule has 1 aromatic heterocycles. The number of nitrogens with zero attached hydrogens (tertiary/aromatic N) is 1. The molecule has 1 heterocycles. The number of aromatic nitrogens is 1. The smallest absolute Gasteiger partial charge is 0.325 e. The van der Waals surface area contributed by atoms with E-state index in [1.54, 1.807) is 5.38 Å². The molecule has 3 amide bonds. The van der Waals surface area contributed by atoms with Gasteiger partial charge in [0.25, 0.3) is 0 Å². The molecule has 3 N–H and O–H groups in total. The molecular weight excluding hydrogens is 372 g/mol. The minimum Gasteiger partial charge on any atom is -0.325 e. The standard InChI is InChI=1S/C21H22N4O2S/c1-13-5-8-16(9-6-13)22-20(27)25-21-23-17(12-28-21)11-19(26)24-18-10-14(2)4-7-15(18)3/h4-10,12H,11H2,1-3H3,(H,24,26)(H2,22,23,25,27). The lowest BCUT2D eigenvalue weighted by molar-refractivity contribution is -0.115. The Hall–Kier alpha value is -3.19. The van der Waals surface area contributed by atoms with Crippen molar-refractivity contribution in [3.05, 3.63) is 70.2 Å². The Labute approximate surface area is 168 Å². The van der Waals surface area contributed by atoms with E-state index in [1.807, 2.05) is 63.2 Å². The summed E-state index contributed by atoms with van der Waals surface area (Å²) in [7, 11) is 0. The van der Waals surface area contributed by atoms with Crippen molar-refractivity contribution in [3.8, 4) is 0 Å². The zero-order valence-corrected chi connectivity index (χ0v) is 16.8. The predicted molar refractivity (Wildman–Crippen MR) is 114 cm³/mol. The van der Waals surface area contributed by atoms with Crippen LogP contribution >= 0.6 is 11.3 Å². The Kier molecular flexibility index (Phi) is 6.06. The zero-order chi connectivity index (χ0) is 20.1. The molecule has 0 atom stereocenters. The van der Waals surface area contributed by atoms with Gasteiger partial charge in [-0.3, -0.25) is 10.1 Å². The third kappa shape index (κ3) is 5.40. The molecule has 0 bridgehead atoms. The van der Waals surface area contributed by atoms with E-state index in [-0.39, 0.29) is 18.4 Å². The third-order valence-electron chi connectivity index (χ3n) is 4.09. The largest absolute Gasteiger partial charge is 0.325 e. The van der Waals surface area contributed by atoms with E-state index in [9.17, 15) is 9.59 Å². The van der Waals surface area contributed by atoms with Crippen LogP contribution in [0.3, 0.4) is 0 Å². The summed E-state index contributed by atoms with van der Waals surface area (Å²) in [6, 6.07) is 13.1. The van der Waals surface area contributed by atoms with Crippen LogP contribution in [-0.4, -0.2) is 16.9 Å². The average molecular weight is 395 g/mol. The first-order valence-corrected chi connectivity index (χ1v) is 9.73. The first-order valence-electron chi connectivity index (χ1n) is 8.85. The molecule has 3 rings (SSSR count). The van der Waals surface area contributed by atoms with E-state index in [0.717, 1.165) is 22.4 Å². The van der Waals surface area contributed by atoms with E-state index in [0.29, 0.717) is 16.5 Å². The minimum atomic E-state index is -0.371. The predicted octanol–water partition coefficient (Wildman–Crippen LogP) is 4.89. The van der Waals surface area contributed by atoms with E-state index < -0.39 is 0 Å². The molecule has 0 aliphatic rings. The summed E-state index contributed by atoms with van der Waals surface area (Å²) in [5.74, 6) is -0.144. The summed E-state index contributed by atoms with van der Waals surface area (Å²) < 4.78 is 0. The molecule has 0 aliphatic carbocycles. The van der Waals surface area contributed by atoms with Gasteiger partial charge in [0.2, 0.25) is 5.91 Å². The van der Waals surface area contributed by atoms with Gasteiger partial charge in [0.1, 0.15) is 0 Å². The van der Waals surface area contributed by atoms with Crippen LogP contribution in [0.2, 0.25) is 0 Å². The number of rotatable bonds is 5. The Balaban J connectivity index is 1.54. The summed E-state index contributed by atoms with van der Waals surface area (Å²) in [6.07, 6.45) is 0.144. The van der Waals surface area contributed by atoms with Gasteiger partial charge in [0, 0.05) is 16.8 Å². The van der Waals surface area contributed by atoms with Gasteiger partial charge in [-0.15, -0.1) is 11.3 Å². The maximum Gasteiger partial charge on any atom is 0.325 e. The summed E-state index contributed by atoms with van der Waals surface area (Å²) in [5, 5.41) is 10.6. The highest BCUT2D eigenvalue weighted by Gasteiger charge is 2.11. The van der Waals surface area contributed by atoms with E-state index in [2.05, 4.69) is 20.9 Å². The van der Waals surface area contributed by atoms with Gasteiger partial charge in [0.15, 0.2) is 5.13 Å². The van der Waals surface area contributed by atoms with Crippen LogP contribution in [0.25, 0.3) is 0 Å². The number of carbonyl (C=O) groups excluding carboxylic acids is 2. The van der Waals surface area contributed by atoms with Crippen molar-refractivity contribution in [1.82, 2.24) is 4.98 Å². The second kappa shape index (κ2) is 8.67. The van der Waals surface area contributed by atoms with Gasteiger partial charge in [-0.25, -0.2) is 9.78 Å². The number of benzene rings is 2. The number of hydrogen-bond donors (Lipinski definition) is 3. The first kappa shape index (κ1) is 19.6. The second-order valence-corrected chi connectivity index (χ2v) is 7.49. The van der Waals surface area contributed by atoms with Crippen molar-refractivity contribution in [3.63, 3.8) is 0 Å². The number of carbonyl (C=O) groups is 2. The highest BCUT2D eigenvalue weighted by molar-refractivity contribution is 7.14. The normalized spacial score (nSPS) is 10.4. The number of amides is 3. The molecule has 6 nitrogen and oxygen atoms in total. The van der Waals surface area contributed by atoms with Crippen molar-refractivity contribution < 1.29 is 9.59 Å². The Morgan fingerprint density at radius 2 is 1.64 bits per heavy atom. The monoisotopic (exact) mass is 394 g/mol. The molecule has 28 heavy (non-hydrogen) atoms. The summed E-state index contributed by atoms with van der Waals surface area (Å²) in [4.78, 5) is 28.7. The lowest BCUT2D eigenvalue weighted by atomic mass is 10.1. The maximum absolute atomic E-state index is 12.3. The van der Waals surface area contributed by atoms with Gasteiger partial charge in [0.05, 0.1) is 12.1 Å². The first-order chi connectivity index (χ1) is 13.4. The van der Waals surface area contributed by atoms with Crippen molar-refractivity contribution in [2.45, 2.75) is 27.2 Å². The molecule has 0 unspecified atom stereocenters. The summed E-state index contributed by atoms with van der Waals surface area (Å²) >= 11 is 1.28. The van der Waals surface area contributed by atoms with E-state index in [1.165, 1.54) is 11.3 Å². The van der Waals surface area contributed by atoms with E-state index >= 15 is 0 Å². The van der Waals surface area contributed by atoms with Crippen LogP contribution in [-0.2, 0) is 11.2 Å². The molecule has 2 aromatic carbocycles. The minimum absolute atomic E-state index is 0.144.